The quantitative estimate of drug-likeness (QED) is 0.739. The molecule has 0 saturated heterocycles. The molecule has 0 radical (unpaired) electrons. The smallest absolute Gasteiger partial charge is 0.289 e. The Morgan fingerprint density at radius 3 is 2.73 bits per heavy atom. The first-order valence-electron chi connectivity index (χ1n) is 4.34. The predicted octanol–water partition coefficient (Wildman–Crippen LogP) is 0.724. The maximum atomic E-state index is 13.2. The van der Waals surface area contributed by atoms with Crippen molar-refractivity contribution in [2.45, 2.75) is 13.1 Å². The lowest BCUT2D eigenvalue weighted by Crippen LogP contribution is -2.28. The highest BCUT2D eigenvalue weighted by atomic mass is 19.1. The van der Waals surface area contributed by atoms with E-state index in [4.69, 9.17) is 5.73 Å². The van der Waals surface area contributed by atoms with Gasteiger partial charge in [0.15, 0.2) is 5.82 Å². The Morgan fingerprint density at radius 1 is 1.53 bits per heavy atom. The van der Waals surface area contributed by atoms with Crippen molar-refractivity contribution in [2.24, 2.45) is 5.10 Å². The minimum Gasteiger partial charge on any atom is -0.397 e. The number of hydrazone groups is 1. The average molecular weight is 208 g/mol. The largest absolute Gasteiger partial charge is 0.397 e. The molecule has 2 heterocycles. The van der Waals surface area contributed by atoms with Crippen LogP contribution in [0.4, 0.5) is 15.9 Å². The maximum absolute atomic E-state index is 13.2. The molecular weight excluding hydrogens is 199 g/mol. The van der Waals surface area contributed by atoms with Crippen molar-refractivity contribution in [1.82, 2.24) is 4.98 Å². The monoisotopic (exact) mass is 208 g/mol. The molecule has 15 heavy (non-hydrogen) atoms. The average Bonchev–Trinajstić information content (AvgIpc) is 2.47. The third kappa shape index (κ3) is 1.54. The fraction of sp³-hybridized carbons (Fsp3) is 0.222. The number of pyridine rings is 1. The Bertz CT molecular complexity index is 428. The Kier molecular flexibility index (Phi) is 2.11. The molecule has 0 aromatic carbocycles. The summed E-state index contributed by atoms with van der Waals surface area (Å²) in [4.78, 5) is 15.3. The molecule has 6 heteroatoms. The first-order valence-corrected chi connectivity index (χ1v) is 4.34. The highest BCUT2D eigenvalue weighted by Gasteiger charge is 2.34. The summed E-state index contributed by atoms with van der Waals surface area (Å²) in [6.45, 7) is 1.46. The summed E-state index contributed by atoms with van der Waals surface area (Å²) in [6, 6.07) is 3.09. The van der Waals surface area contributed by atoms with Crippen LogP contribution < -0.4 is 10.7 Å². The van der Waals surface area contributed by atoms with Gasteiger partial charge in [-0.3, -0.25) is 4.79 Å². The van der Waals surface area contributed by atoms with E-state index < -0.39 is 12.1 Å². The minimum absolute atomic E-state index is 0.138. The number of hydrogen-bond donors (Lipinski definition) is 1. The number of nitrogen functional groups attached to an aromatic ring is 1. The van der Waals surface area contributed by atoms with Crippen LogP contribution in [0.15, 0.2) is 23.4 Å². The standard InChI is InChI=1S/C9H9FN4O/c1-5-8(10)9(15)14(13-5)7-3-2-6(11)4-12-7/h2-4,8H,11H2,1H3. The van der Waals surface area contributed by atoms with Crippen molar-refractivity contribution in [3.8, 4) is 0 Å². The topological polar surface area (TPSA) is 71.6 Å². The Balaban J connectivity index is 2.33. The molecular formula is C9H9FN4O. The van der Waals surface area contributed by atoms with Gasteiger partial charge in [-0.15, -0.1) is 0 Å². The second-order valence-corrected chi connectivity index (χ2v) is 3.20. The van der Waals surface area contributed by atoms with E-state index in [1.807, 2.05) is 0 Å². The number of halogens is 1. The zero-order valence-electron chi connectivity index (χ0n) is 8.01. The van der Waals surface area contributed by atoms with Crippen molar-refractivity contribution in [3.05, 3.63) is 18.3 Å². The summed E-state index contributed by atoms with van der Waals surface area (Å²) in [5, 5.41) is 4.72. The van der Waals surface area contributed by atoms with Gasteiger partial charge in [0.25, 0.3) is 5.91 Å². The fourth-order valence-electron chi connectivity index (χ4n) is 1.23. The van der Waals surface area contributed by atoms with Crippen LogP contribution in [0.1, 0.15) is 6.92 Å². The van der Waals surface area contributed by atoms with Gasteiger partial charge in [-0.25, -0.2) is 9.37 Å². The van der Waals surface area contributed by atoms with Gasteiger partial charge in [-0.2, -0.15) is 10.1 Å². The predicted molar refractivity (Wildman–Crippen MR) is 54.1 cm³/mol. The van der Waals surface area contributed by atoms with E-state index in [0.717, 1.165) is 5.01 Å². The fourth-order valence-corrected chi connectivity index (χ4v) is 1.23. The zero-order chi connectivity index (χ0) is 11.0. The Morgan fingerprint density at radius 2 is 2.27 bits per heavy atom. The van der Waals surface area contributed by atoms with Crippen LogP contribution in [0.5, 0.6) is 0 Å². The summed E-state index contributed by atoms with van der Waals surface area (Å²) >= 11 is 0. The third-order valence-corrected chi connectivity index (χ3v) is 2.04. The van der Waals surface area contributed by atoms with Gasteiger partial charge >= 0.3 is 0 Å². The minimum atomic E-state index is -1.66. The molecule has 5 nitrogen and oxygen atoms in total. The molecule has 0 bridgehead atoms. The number of nitrogens with zero attached hydrogens (tertiary/aromatic N) is 3. The summed E-state index contributed by atoms with van der Waals surface area (Å²) in [5.41, 5.74) is 6.05. The van der Waals surface area contributed by atoms with Crippen LogP contribution in [-0.2, 0) is 4.79 Å². The second kappa shape index (κ2) is 3.30. The van der Waals surface area contributed by atoms with E-state index in [0.29, 0.717) is 5.69 Å². The number of amides is 1. The van der Waals surface area contributed by atoms with Crippen molar-refractivity contribution in [3.63, 3.8) is 0 Å². The van der Waals surface area contributed by atoms with E-state index in [1.54, 1.807) is 6.07 Å². The molecule has 2 rings (SSSR count). The van der Waals surface area contributed by atoms with Gasteiger partial charge in [0, 0.05) is 0 Å². The molecule has 1 atom stereocenters. The number of nitrogens with two attached hydrogens (primary N) is 1. The Hall–Kier alpha value is -1.98. The molecule has 0 saturated carbocycles. The van der Waals surface area contributed by atoms with E-state index in [2.05, 4.69) is 10.1 Å². The first-order chi connectivity index (χ1) is 7.09. The van der Waals surface area contributed by atoms with Crippen molar-refractivity contribution >= 4 is 23.1 Å². The summed E-state index contributed by atoms with van der Waals surface area (Å²) in [5.74, 6) is -0.446. The Labute approximate surface area is 85.4 Å². The van der Waals surface area contributed by atoms with Crippen LogP contribution in [0.2, 0.25) is 0 Å². The van der Waals surface area contributed by atoms with E-state index in [1.165, 1.54) is 19.2 Å². The number of carbonyl (C=O) groups excluding carboxylic acids is 1. The normalized spacial score (nSPS) is 20.7. The molecule has 0 spiro atoms. The number of hydrogen-bond acceptors (Lipinski definition) is 4. The van der Waals surface area contributed by atoms with Crippen LogP contribution in [-0.4, -0.2) is 22.8 Å². The van der Waals surface area contributed by atoms with Gasteiger partial charge in [0.1, 0.15) is 0 Å². The van der Waals surface area contributed by atoms with Gasteiger partial charge in [-0.1, -0.05) is 0 Å². The molecule has 78 valence electrons. The number of carbonyl (C=O) groups is 1. The highest BCUT2D eigenvalue weighted by molar-refractivity contribution is 6.16. The molecule has 1 amide bonds. The van der Waals surface area contributed by atoms with E-state index >= 15 is 0 Å². The SMILES string of the molecule is CC1=NN(c2ccc(N)cn2)C(=O)C1F. The van der Waals surface area contributed by atoms with Gasteiger partial charge in [-0.05, 0) is 19.1 Å². The van der Waals surface area contributed by atoms with Gasteiger partial charge in [0.2, 0.25) is 6.17 Å². The van der Waals surface area contributed by atoms with Crippen LogP contribution in [0.3, 0.4) is 0 Å². The van der Waals surface area contributed by atoms with Gasteiger partial charge in [0.05, 0.1) is 17.6 Å². The summed E-state index contributed by atoms with van der Waals surface area (Å²) in [7, 11) is 0. The third-order valence-electron chi connectivity index (χ3n) is 2.04. The molecule has 1 aliphatic rings. The van der Waals surface area contributed by atoms with Crippen molar-refractivity contribution < 1.29 is 9.18 Å². The maximum Gasteiger partial charge on any atom is 0.289 e. The van der Waals surface area contributed by atoms with Crippen molar-refractivity contribution in [1.29, 1.82) is 0 Å². The number of alkyl halides is 1. The molecule has 1 aliphatic heterocycles. The molecule has 2 N–H and O–H groups in total. The van der Waals surface area contributed by atoms with Crippen LogP contribution in [0, 0.1) is 0 Å². The zero-order valence-corrected chi connectivity index (χ0v) is 8.01. The lowest BCUT2D eigenvalue weighted by atomic mass is 10.3. The second-order valence-electron chi connectivity index (χ2n) is 3.20. The van der Waals surface area contributed by atoms with E-state index in [9.17, 15) is 9.18 Å². The van der Waals surface area contributed by atoms with Crippen molar-refractivity contribution in [2.75, 3.05) is 10.7 Å². The molecule has 0 aliphatic carbocycles. The highest BCUT2D eigenvalue weighted by Crippen LogP contribution is 2.20. The molecule has 1 aromatic rings. The van der Waals surface area contributed by atoms with E-state index in [-0.39, 0.29) is 11.5 Å². The number of anilines is 2. The van der Waals surface area contributed by atoms with Crippen LogP contribution in [0.25, 0.3) is 0 Å². The molecule has 0 fully saturated rings. The lowest BCUT2D eigenvalue weighted by molar-refractivity contribution is -0.120. The number of aromatic nitrogens is 1. The summed E-state index contributed by atoms with van der Waals surface area (Å²) < 4.78 is 13.2. The molecule has 1 unspecified atom stereocenters. The van der Waals surface area contributed by atoms with Gasteiger partial charge < -0.3 is 5.73 Å². The summed E-state index contributed by atoms with van der Waals surface area (Å²) in [6.07, 6.45) is -0.275. The lowest BCUT2D eigenvalue weighted by Gasteiger charge is -2.10. The number of rotatable bonds is 1. The van der Waals surface area contributed by atoms with Crippen LogP contribution >= 0.6 is 0 Å². The first kappa shape index (κ1) is 9.57. The molecule has 1 aromatic heterocycles.